The molecule has 0 radical (unpaired) electrons. The molecule has 3 nitrogen and oxygen atoms in total. The average Bonchev–Trinajstić information content (AvgIpc) is 3.12. The van der Waals surface area contributed by atoms with Crippen molar-refractivity contribution in [2.45, 2.75) is 71.3 Å². The molecule has 0 saturated heterocycles. The molecule has 1 aromatic rings. The molecule has 1 aliphatic heterocycles. The number of aryl methyl sites for hydroxylation is 1. The van der Waals surface area contributed by atoms with Crippen LogP contribution >= 0.6 is 0 Å². The molecule has 1 aromatic heterocycles. The zero-order valence-electron chi connectivity index (χ0n) is 14.5. The molecule has 1 saturated carbocycles. The first-order chi connectivity index (χ1) is 11.3. The zero-order chi connectivity index (χ0) is 16.1. The number of H-pyrrole nitrogens is 1. The van der Waals surface area contributed by atoms with Crippen molar-refractivity contribution < 1.29 is 0 Å². The standard InChI is InChI=1S/C20H29N3/c1-3-16-12-19(22-13-16)20-15(2)11-18(23-20)14-21-17-9-7-5-4-6-8-10-17/h11-14,17,21-22H,3-10H2,1-2H3. The summed E-state index contributed by atoms with van der Waals surface area (Å²) < 4.78 is 0. The molecule has 0 amide bonds. The lowest BCUT2D eigenvalue weighted by molar-refractivity contribution is 0.419. The van der Waals surface area contributed by atoms with Gasteiger partial charge < -0.3 is 10.3 Å². The number of allylic oxidation sites excluding steroid dienone is 2. The highest BCUT2D eigenvalue weighted by Crippen LogP contribution is 2.22. The van der Waals surface area contributed by atoms with Crippen molar-refractivity contribution in [1.29, 1.82) is 0 Å². The van der Waals surface area contributed by atoms with Crippen LogP contribution in [0, 0.1) is 0 Å². The minimum atomic E-state index is 0.618. The third-order valence-corrected chi connectivity index (χ3v) is 4.96. The van der Waals surface area contributed by atoms with Gasteiger partial charge in [0.05, 0.1) is 17.1 Å². The average molecular weight is 311 g/mol. The Hall–Kier alpha value is -1.77. The summed E-state index contributed by atoms with van der Waals surface area (Å²) in [5.41, 5.74) is 5.83. The van der Waals surface area contributed by atoms with Crippen LogP contribution in [0.25, 0.3) is 0 Å². The number of aliphatic imine (C=N–C) groups is 1. The van der Waals surface area contributed by atoms with E-state index in [0.29, 0.717) is 6.04 Å². The normalized spacial score (nSPS) is 21.7. The Labute approximate surface area is 140 Å². The van der Waals surface area contributed by atoms with Crippen LogP contribution in [0.2, 0.25) is 0 Å². The highest BCUT2D eigenvalue weighted by atomic mass is 14.9. The fourth-order valence-electron chi connectivity index (χ4n) is 3.49. The topological polar surface area (TPSA) is 40.2 Å². The summed E-state index contributed by atoms with van der Waals surface area (Å²) in [5.74, 6) is 0. The molecular weight excluding hydrogens is 282 g/mol. The van der Waals surface area contributed by atoms with E-state index in [9.17, 15) is 0 Å². The van der Waals surface area contributed by atoms with Gasteiger partial charge in [0.1, 0.15) is 0 Å². The Kier molecular flexibility index (Phi) is 5.37. The van der Waals surface area contributed by atoms with E-state index in [-0.39, 0.29) is 0 Å². The Balaban J connectivity index is 1.66. The monoisotopic (exact) mass is 311 g/mol. The fraction of sp³-hybridized carbons (Fsp3) is 0.550. The van der Waals surface area contributed by atoms with Gasteiger partial charge in [-0.2, -0.15) is 0 Å². The number of rotatable bonds is 4. The number of nitrogens with zero attached hydrogens (tertiary/aromatic N) is 1. The van der Waals surface area contributed by atoms with Crippen LogP contribution in [-0.2, 0) is 6.42 Å². The van der Waals surface area contributed by atoms with Crippen LogP contribution in [0.15, 0.2) is 40.8 Å². The zero-order valence-corrected chi connectivity index (χ0v) is 14.5. The Bertz CT molecular complexity index is 611. The summed E-state index contributed by atoms with van der Waals surface area (Å²) in [7, 11) is 0. The SMILES string of the molecule is CCc1c[nH]c(C2=NC(=CNC3CCCCCCC3)C=C2C)c1. The van der Waals surface area contributed by atoms with Gasteiger partial charge in [0, 0.05) is 18.4 Å². The van der Waals surface area contributed by atoms with Gasteiger partial charge in [-0.3, -0.25) is 0 Å². The summed E-state index contributed by atoms with van der Waals surface area (Å²) in [6, 6.07) is 2.83. The van der Waals surface area contributed by atoms with Gasteiger partial charge in [-0.15, -0.1) is 0 Å². The number of nitrogens with one attached hydrogen (secondary N) is 2. The van der Waals surface area contributed by atoms with Gasteiger partial charge in [0.15, 0.2) is 0 Å². The molecule has 2 aliphatic rings. The lowest BCUT2D eigenvalue weighted by Gasteiger charge is -2.19. The minimum Gasteiger partial charge on any atom is -0.386 e. The highest BCUT2D eigenvalue weighted by molar-refractivity contribution is 6.13. The molecule has 3 heteroatoms. The van der Waals surface area contributed by atoms with Crippen LogP contribution in [0.1, 0.15) is 70.1 Å². The molecule has 2 N–H and O–H groups in total. The van der Waals surface area contributed by atoms with E-state index in [1.54, 1.807) is 0 Å². The lowest BCUT2D eigenvalue weighted by atomic mass is 9.97. The Morgan fingerprint density at radius 2 is 1.96 bits per heavy atom. The molecule has 0 spiro atoms. The van der Waals surface area contributed by atoms with E-state index in [2.05, 4.69) is 48.7 Å². The van der Waals surface area contributed by atoms with Gasteiger partial charge in [0.2, 0.25) is 0 Å². The third-order valence-electron chi connectivity index (χ3n) is 4.96. The van der Waals surface area contributed by atoms with Crippen molar-refractivity contribution in [2.75, 3.05) is 0 Å². The summed E-state index contributed by atoms with van der Waals surface area (Å²) in [6.07, 6.45) is 16.9. The van der Waals surface area contributed by atoms with E-state index < -0.39 is 0 Å². The van der Waals surface area contributed by atoms with Crippen molar-refractivity contribution in [1.82, 2.24) is 10.3 Å². The first-order valence-electron chi connectivity index (χ1n) is 9.17. The van der Waals surface area contributed by atoms with E-state index in [4.69, 9.17) is 4.99 Å². The van der Waals surface area contributed by atoms with Crippen molar-refractivity contribution in [3.8, 4) is 0 Å². The summed E-state index contributed by atoms with van der Waals surface area (Å²) in [6.45, 7) is 4.32. The van der Waals surface area contributed by atoms with Crippen LogP contribution < -0.4 is 5.32 Å². The van der Waals surface area contributed by atoms with E-state index in [1.807, 2.05) is 0 Å². The number of aromatic amines is 1. The third kappa shape index (κ3) is 4.15. The Morgan fingerprint density at radius 3 is 2.65 bits per heavy atom. The molecule has 0 unspecified atom stereocenters. The number of aromatic nitrogens is 1. The first kappa shape index (κ1) is 16.1. The molecular formula is C20H29N3. The van der Waals surface area contributed by atoms with Crippen molar-refractivity contribution in [3.63, 3.8) is 0 Å². The summed E-state index contributed by atoms with van der Waals surface area (Å²) in [5, 5.41) is 3.62. The van der Waals surface area contributed by atoms with Gasteiger partial charge >= 0.3 is 0 Å². The maximum Gasteiger partial charge on any atom is 0.0902 e. The largest absolute Gasteiger partial charge is 0.386 e. The van der Waals surface area contributed by atoms with Gasteiger partial charge in [-0.25, -0.2) is 4.99 Å². The van der Waals surface area contributed by atoms with E-state index in [1.165, 1.54) is 56.1 Å². The fourth-order valence-corrected chi connectivity index (χ4v) is 3.49. The first-order valence-corrected chi connectivity index (χ1v) is 9.17. The van der Waals surface area contributed by atoms with Crippen LogP contribution in [0.5, 0.6) is 0 Å². The smallest absolute Gasteiger partial charge is 0.0902 e. The lowest BCUT2D eigenvalue weighted by Crippen LogP contribution is -2.25. The van der Waals surface area contributed by atoms with Crippen molar-refractivity contribution >= 4 is 5.71 Å². The second kappa shape index (κ2) is 7.67. The highest BCUT2D eigenvalue weighted by Gasteiger charge is 2.15. The Morgan fingerprint density at radius 1 is 1.22 bits per heavy atom. The number of hydrogen-bond acceptors (Lipinski definition) is 2. The molecule has 0 bridgehead atoms. The van der Waals surface area contributed by atoms with Crippen LogP contribution in [0.3, 0.4) is 0 Å². The predicted molar refractivity (Wildman–Crippen MR) is 97.8 cm³/mol. The molecule has 23 heavy (non-hydrogen) atoms. The molecule has 0 atom stereocenters. The molecule has 1 aliphatic carbocycles. The van der Waals surface area contributed by atoms with E-state index in [0.717, 1.165) is 23.5 Å². The summed E-state index contributed by atoms with van der Waals surface area (Å²) >= 11 is 0. The minimum absolute atomic E-state index is 0.618. The van der Waals surface area contributed by atoms with E-state index >= 15 is 0 Å². The molecule has 2 heterocycles. The molecule has 1 fully saturated rings. The maximum absolute atomic E-state index is 4.80. The van der Waals surface area contributed by atoms with Crippen LogP contribution in [0.4, 0.5) is 0 Å². The van der Waals surface area contributed by atoms with Crippen molar-refractivity contribution in [3.05, 3.63) is 47.1 Å². The van der Waals surface area contributed by atoms with Gasteiger partial charge in [-0.1, -0.05) is 39.0 Å². The second-order valence-electron chi connectivity index (χ2n) is 6.84. The van der Waals surface area contributed by atoms with Gasteiger partial charge in [-0.05, 0) is 49.5 Å². The maximum atomic E-state index is 4.80. The van der Waals surface area contributed by atoms with Gasteiger partial charge in [0.25, 0.3) is 0 Å². The van der Waals surface area contributed by atoms with Crippen LogP contribution in [-0.4, -0.2) is 16.7 Å². The quantitative estimate of drug-likeness (QED) is 0.818. The summed E-state index contributed by atoms with van der Waals surface area (Å²) in [4.78, 5) is 8.16. The predicted octanol–water partition coefficient (Wildman–Crippen LogP) is 4.87. The molecule has 0 aromatic carbocycles. The number of hydrogen-bond donors (Lipinski definition) is 2. The molecule has 3 rings (SSSR count). The molecule has 124 valence electrons. The second-order valence-corrected chi connectivity index (χ2v) is 6.84. The van der Waals surface area contributed by atoms with Crippen molar-refractivity contribution in [2.24, 2.45) is 4.99 Å².